The van der Waals surface area contributed by atoms with Crippen molar-refractivity contribution in [3.8, 4) is 17.0 Å². The maximum absolute atomic E-state index is 5.30. The molecule has 3 rings (SSSR count). The standard InChI is InChI=1S/C16H15BrN2O/c1-10-6-12(4-5-15(10)20-3)14-9-19-8-13(17)7-11(2)16(19)18-14/h4-9H,1-3H3. The van der Waals surface area contributed by atoms with Gasteiger partial charge in [-0.2, -0.15) is 0 Å². The summed E-state index contributed by atoms with van der Waals surface area (Å²) in [6.07, 6.45) is 4.07. The van der Waals surface area contributed by atoms with Crippen LogP contribution in [0.4, 0.5) is 0 Å². The number of pyridine rings is 1. The summed E-state index contributed by atoms with van der Waals surface area (Å²) in [5.41, 5.74) is 5.31. The first kappa shape index (κ1) is 13.2. The van der Waals surface area contributed by atoms with Crippen LogP contribution in [0, 0.1) is 13.8 Å². The van der Waals surface area contributed by atoms with Crippen LogP contribution in [0.3, 0.4) is 0 Å². The Hall–Kier alpha value is -1.81. The van der Waals surface area contributed by atoms with E-state index in [1.807, 2.05) is 35.9 Å². The van der Waals surface area contributed by atoms with Crippen LogP contribution in [0.1, 0.15) is 11.1 Å². The van der Waals surface area contributed by atoms with Crippen molar-refractivity contribution in [2.75, 3.05) is 7.11 Å². The number of nitrogens with zero attached hydrogens (tertiary/aromatic N) is 2. The highest BCUT2D eigenvalue weighted by Crippen LogP contribution is 2.27. The van der Waals surface area contributed by atoms with Gasteiger partial charge in [-0.25, -0.2) is 4.98 Å². The Labute approximate surface area is 126 Å². The number of benzene rings is 1. The summed E-state index contributed by atoms with van der Waals surface area (Å²) in [6, 6.07) is 8.20. The molecule has 2 aromatic heterocycles. The van der Waals surface area contributed by atoms with Crippen LogP contribution in [0.5, 0.6) is 5.75 Å². The fourth-order valence-corrected chi connectivity index (χ4v) is 2.97. The van der Waals surface area contributed by atoms with E-state index >= 15 is 0 Å². The molecular formula is C16H15BrN2O. The third-order valence-corrected chi connectivity index (χ3v) is 3.83. The molecule has 0 N–H and O–H groups in total. The summed E-state index contributed by atoms with van der Waals surface area (Å²) >= 11 is 3.51. The maximum Gasteiger partial charge on any atom is 0.140 e. The average Bonchev–Trinajstić information content (AvgIpc) is 2.82. The van der Waals surface area contributed by atoms with Crippen molar-refractivity contribution in [1.29, 1.82) is 0 Å². The topological polar surface area (TPSA) is 26.5 Å². The largest absolute Gasteiger partial charge is 0.496 e. The van der Waals surface area contributed by atoms with Crippen molar-refractivity contribution in [1.82, 2.24) is 9.38 Å². The lowest BCUT2D eigenvalue weighted by molar-refractivity contribution is 0.412. The molecule has 3 aromatic rings. The number of aryl methyl sites for hydroxylation is 2. The van der Waals surface area contributed by atoms with Gasteiger partial charge in [0.15, 0.2) is 0 Å². The van der Waals surface area contributed by atoms with Crippen LogP contribution >= 0.6 is 15.9 Å². The molecule has 102 valence electrons. The monoisotopic (exact) mass is 330 g/mol. The molecule has 0 saturated heterocycles. The fourth-order valence-electron chi connectivity index (χ4n) is 2.40. The molecule has 1 aromatic carbocycles. The molecule has 3 nitrogen and oxygen atoms in total. The van der Waals surface area contributed by atoms with E-state index in [0.29, 0.717) is 0 Å². The zero-order valence-corrected chi connectivity index (χ0v) is 13.2. The van der Waals surface area contributed by atoms with Gasteiger partial charge in [-0.15, -0.1) is 0 Å². The Kier molecular flexibility index (Phi) is 3.26. The number of hydrogen-bond donors (Lipinski definition) is 0. The molecule has 0 fully saturated rings. The molecule has 0 bridgehead atoms. The van der Waals surface area contributed by atoms with Crippen molar-refractivity contribution in [3.63, 3.8) is 0 Å². The quantitative estimate of drug-likeness (QED) is 0.696. The second-order valence-electron chi connectivity index (χ2n) is 4.88. The number of hydrogen-bond acceptors (Lipinski definition) is 2. The molecule has 20 heavy (non-hydrogen) atoms. The van der Waals surface area contributed by atoms with Crippen LogP contribution in [-0.4, -0.2) is 16.5 Å². The van der Waals surface area contributed by atoms with Crippen LogP contribution < -0.4 is 4.74 Å². The second-order valence-corrected chi connectivity index (χ2v) is 5.80. The van der Waals surface area contributed by atoms with E-state index in [-0.39, 0.29) is 0 Å². The number of rotatable bonds is 2. The molecule has 0 aliphatic carbocycles. The van der Waals surface area contributed by atoms with Crippen molar-refractivity contribution in [2.45, 2.75) is 13.8 Å². The van der Waals surface area contributed by atoms with Gasteiger partial charge in [-0.1, -0.05) is 0 Å². The first-order valence-electron chi connectivity index (χ1n) is 6.38. The lowest BCUT2D eigenvalue weighted by atomic mass is 10.1. The first-order chi connectivity index (χ1) is 9.58. The van der Waals surface area contributed by atoms with Crippen molar-refractivity contribution >= 4 is 21.6 Å². The van der Waals surface area contributed by atoms with E-state index < -0.39 is 0 Å². The summed E-state index contributed by atoms with van der Waals surface area (Å²) in [5.74, 6) is 0.899. The van der Waals surface area contributed by atoms with Crippen molar-refractivity contribution < 1.29 is 4.74 Å². The van der Waals surface area contributed by atoms with Gasteiger partial charge in [0.25, 0.3) is 0 Å². The lowest BCUT2D eigenvalue weighted by Crippen LogP contribution is -1.87. The summed E-state index contributed by atoms with van der Waals surface area (Å²) in [6.45, 7) is 4.11. The lowest BCUT2D eigenvalue weighted by Gasteiger charge is -2.05. The van der Waals surface area contributed by atoms with E-state index in [0.717, 1.165) is 38.3 Å². The first-order valence-corrected chi connectivity index (χ1v) is 7.17. The minimum atomic E-state index is 0.899. The number of aromatic nitrogens is 2. The normalized spacial score (nSPS) is 11.0. The van der Waals surface area contributed by atoms with E-state index in [2.05, 4.69) is 35.0 Å². The van der Waals surface area contributed by atoms with E-state index in [1.54, 1.807) is 7.11 Å². The van der Waals surface area contributed by atoms with Gasteiger partial charge in [0.05, 0.1) is 12.8 Å². The minimum Gasteiger partial charge on any atom is -0.496 e. The Morgan fingerprint density at radius 3 is 2.60 bits per heavy atom. The Morgan fingerprint density at radius 2 is 1.90 bits per heavy atom. The predicted molar refractivity (Wildman–Crippen MR) is 84.4 cm³/mol. The molecule has 0 amide bonds. The highest BCUT2D eigenvalue weighted by Gasteiger charge is 2.08. The van der Waals surface area contributed by atoms with E-state index in [9.17, 15) is 0 Å². The molecule has 0 radical (unpaired) electrons. The van der Waals surface area contributed by atoms with Gasteiger partial charge in [0, 0.05) is 22.4 Å². The SMILES string of the molecule is COc1ccc(-c2cn3cc(Br)cc(C)c3n2)cc1C. The molecule has 0 atom stereocenters. The maximum atomic E-state index is 5.30. The molecule has 0 aliphatic rings. The van der Waals surface area contributed by atoms with Crippen molar-refractivity contribution in [2.24, 2.45) is 0 Å². The van der Waals surface area contributed by atoms with Gasteiger partial charge in [-0.3, -0.25) is 0 Å². The molecule has 0 saturated carbocycles. The summed E-state index contributed by atoms with van der Waals surface area (Å²) < 4.78 is 8.40. The van der Waals surface area contributed by atoms with Gasteiger partial charge in [-0.05, 0) is 65.2 Å². The highest BCUT2D eigenvalue weighted by atomic mass is 79.9. The van der Waals surface area contributed by atoms with Gasteiger partial charge in [0.2, 0.25) is 0 Å². The van der Waals surface area contributed by atoms with Crippen molar-refractivity contribution in [3.05, 3.63) is 52.3 Å². The minimum absolute atomic E-state index is 0.899. The Balaban J connectivity index is 2.15. The highest BCUT2D eigenvalue weighted by molar-refractivity contribution is 9.10. The zero-order chi connectivity index (χ0) is 14.3. The molecular weight excluding hydrogens is 316 g/mol. The molecule has 2 heterocycles. The number of ether oxygens (including phenoxy) is 1. The number of halogens is 1. The predicted octanol–water partition coefficient (Wildman–Crippen LogP) is 4.39. The smallest absolute Gasteiger partial charge is 0.140 e. The third-order valence-electron chi connectivity index (χ3n) is 3.39. The van der Waals surface area contributed by atoms with Crippen LogP contribution in [-0.2, 0) is 0 Å². The summed E-state index contributed by atoms with van der Waals surface area (Å²) in [7, 11) is 1.69. The van der Waals surface area contributed by atoms with Gasteiger partial charge < -0.3 is 9.14 Å². The van der Waals surface area contributed by atoms with Gasteiger partial charge in [0.1, 0.15) is 11.4 Å². The second kappa shape index (κ2) is 4.94. The summed E-state index contributed by atoms with van der Waals surface area (Å²) in [4.78, 5) is 4.72. The Morgan fingerprint density at radius 1 is 1.10 bits per heavy atom. The third kappa shape index (κ3) is 2.20. The number of imidazole rings is 1. The molecule has 0 unspecified atom stereocenters. The van der Waals surface area contributed by atoms with Crippen LogP contribution in [0.25, 0.3) is 16.9 Å². The fraction of sp³-hybridized carbons (Fsp3) is 0.188. The molecule has 4 heteroatoms. The summed E-state index contributed by atoms with van der Waals surface area (Å²) in [5, 5.41) is 0. The molecule has 0 spiro atoms. The Bertz CT molecular complexity index is 793. The van der Waals surface area contributed by atoms with Crippen LogP contribution in [0.15, 0.2) is 41.1 Å². The van der Waals surface area contributed by atoms with E-state index in [4.69, 9.17) is 9.72 Å². The average molecular weight is 331 g/mol. The van der Waals surface area contributed by atoms with E-state index in [1.165, 1.54) is 0 Å². The zero-order valence-electron chi connectivity index (χ0n) is 11.6. The number of methoxy groups -OCH3 is 1. The van der Waals surface area contributed by atoms with Crippen LogP contribution in [0.2, 0.25) is 0 Å². The van der Waals surface area contributed by atoms with Gasteiger partial charge >= 0.3 is 0 Å². The molecule has 0 aliphatic heterocycles. The number of fused-ring (bicyclic) bond motifs is 1.